The number of aromatic nitrogens is 1. The average molecular weight is 764 g/mol. The lowest BCUT2D eigenvalue weighted by atomic mass is 9.77. The lowest BCUT2D eigenvalue weighted by Crippen LogP contribution is -2.53. The zero-order chi connectivity index (χ0) is 39.2. The van der Waals surface area contributed by atoms with Crippen LogP contribution >= 0.6 is 0 Å². The van der Waals surface area contributed by atoms with Crippen molar-refractivity contribution in [3.63, 3.8) is 0 Å². The summed E-state index contributed by atoms with van der Waals surface area (Å²) >= 11 is 0. The fourth-order valence-electron chi connectivity index (χ4n) is 7.41. The first-order valence-electron chi connectivity index (χ1n) is 18.7. The number of nitrogens with one attached hydrogen (secondary N) is 1. The van der Waals surface area contributed by atoms with Crippen LogP contribution in [0, 0.1) is 17.3 Å². The van der Waals surface area contributed by atoms with E-state index >= 15 is 0 Å². The SMILES string of the molecule is C=C[C@@H]1C[C@@]1(CCS(=O)(=O)C1CC1)NC(=O)[C@@H]1C[C@@H](Oc2nc(-c3ccoc3)cc3cc(OC)ccc23)CN1C(=O)[C@@H](CC(=O)OC(C)(C)C)C(C)(C)C. The Labute approximate surface area is 317 Å². The van der Waals surface area contributed by atoms with E-state index in [-0.39, 0.29) is 48.6 Å². The fraction of sp³-hybridized carbons (Fsp3) is 0.561. The van der Waals surface area contributed by atoms with Crippen LogP contribution in [0.2, 0.25) is 0 Å². The highest BCUT2D eigenvalue weighted by atomic mass is 32.2. The standard InChI is InChI=1S/C41H53N3O9S/c1-9-27-22-41(27,15-17-54(48,49)30-11-12-30)43-36(46)34-20-29(23-44(34)38(47)32(39(2,3)4)21-35(45)53-40(5,6)7)52-37-31-13-10-28(50-8)18-26(31)19-33(42-37)25-14-16-51-24-25/h9-10,13-14,16,18-19,24,27,29-30,32,34H,1,11-12,15,17,20-23H2,2-8H3,(H,43,46)/t27-,29-,32-,34+,41-/m1/s1. The van der Waals surface area contributed by atoms with E-state index in [1.54, 1.807) is 52.5 Å². The van der Waals surface area contributed by atoms with Crippen molar-refractivity contribution in [1.82, 2.24) is 15.2 Å². The summed E-state index contributed by atoms with van der Waals surface area (Å²) in [5.41, 5.74) is -0.820. The number of methoxy groups -OCH3 is 1. The number of furan rings is 1. The molecule has 2 aliphatic carbocycles. The maximum absolute atomic E-state index is 14.7. The number of fused-ring (bicyclic) bond motifs is 1. The van der Waals surface area contributed by atoms with E-state index in [0.29, 0.717) is 42.0 Å². The van der Waals surface area contributed by atoms with Gasteiger partial charge in [0.1, 0.15) is 23.5 Å². The highest BCUT2D eigenvalue weighted by molar-refractivity contribution is 7.92. The van der Waals surface area contributed by atoms with Gasteiger partial charge in [0.05, 0.1) is 55.2 Å². The number of ether oxygens (including phenoxy) is 3. The van der Waals surface area contributed by atoms with Gasteiger partial charge in [0.2, 0.25) is 17.7 Å². The quantitative estimate of drug-likeness (QED) is 0.147. The van der Waals surface area contributed by atoms with Gasteiger partial charge in [-0.15, -0.1) is 6.58 Å². The largest absolute Gasteiger partial charge is 0.497 e. The molecule has 54 heavy (non-hydrogen) atoms. The van der Waals surface area contributed by atoms with Gasteiger partial charge in [0.25, 0.3) is 0 Å². The van der Waals surface area contributed by atoms with Crippen LogP contribution in [0.5, 0.6) is 11.6 Å². The van der Waals surface area contributed by atoms with Gasteiger partial charge in [-0.3, -0.25) is 14.4 Å². The molecular weight excluding hydrogens is 711 g/mol. The first kappa shape index (κ1) is 39.3. The van der Waals surface area contributed by atoms with E-state index in [0.717, 1.165) is 10.9 Å². The Morgan fingerprint density at radius 3 is 2.46 bits per heavy atom. The molecule has 13 heteroatoms. The van der Waals surface area contributed by atoms with E-state index in [1.165, 1.54) is 4.90 Å². The van der Waals surface area contributed by atoms with Crippen LogP contribution in [-0.2, 0) is 29.0 Å². The first-order chi connectivity index (χ1) is 25.3. The van der Waals surface area contributed by atoms with E-state index < -0.39 is 56.3 Å². The van der Waals surface area contributed by atoms with Crippen LogP contribution in [0.1, 0.15) is 80.1 Å². The van der Waals surface area contributed by atoms with Gasteiger partial charge in [0, 0.05) is 28.8 Å². The predicted octanol–water partition coefficient (Wildman–Crippen LogP) is 6.27. The van der Waals surface area contributed by atoms with Crippen molar-refractivity contribution in [2.75, 3.05) is 19.4 Å². The number of carbonyl (C=O) groups excluding carboxylic acids is 3. The van der Waals surface area contributed by atoms with Gasteiger partial charge in [-0.05, 0) is 87.6 Å². The van der Waals surface area contributed by atoms with Crippen LogP contribution in [-0.4, -0.2) is 84.0 Å². The van der Waals surface area contributed by atoms with Gasteiger partial charge in [-0.2, -0.15) is 0 Å². The van der Waals surface area contributed by atoms with Crippen LogP contribution in [0.25, 0.3) is 22.0 Å². The summed E-state index contributed by atoms with van der Waals surface area (Å²) < 4.78 is 48.8. The molecule has 3 aromatic rings. The molecule has 0 spiro atoms. The number of likely N-dealkylation sites (tertiary alicyclic amines) is 1. The van der Waals surface area contributed by atoms with Gasteiger partial charge >= 0.3 is 5.97 Å². The molecule has 3 fully saturated rings. The second kappa shape index (κ2) is 14.7. The van der Waals surface area contributed by atoms with Crippen molar-refractivity contribution in [3.8, 4) is 22.9 Å². The third-order valence-corrected chi connectivity index (χ3v) is 13.0. The highest BCUT2D eigenvalue weighted by Crippen LogP contribution is 2.48. The normalized spacial score (nSPS) is 23.5. The Hall–Kier alpha value is -4.39. The molecule has 1 aromatic carbocycles. The molecule has 1 saturated heterocycles. The molecule has 1 N–H and O–H groups in total. The van der Waals surface area contributed by atoms with E-state index in [1.807, 2.05) is 45.0 Å². The molecule has 1 aliphatic heterocycles. The topological polar surface area (TPSA) is 154 Å². The molecule has 6 rings (SSSR count). The molecule has 2 aromatic heterocycles. The highest BCUT2D eigenvalue weighted by Gasteiger charge is 2.56. The summed E-state index contributed by atoms with van der Waals surface area (Å²) in [6, 6.07) is 8.30. The van der Waals surface area contributed by atoms with Crippen molar-refractivity contribution in [1.29, 1.82) is 0 Å². The summed E-state index contributed by atoms with van der Waals surface area (Å²) in [6.45, 7) is 15.0. The Balaban J connectivity index is 1.32. The summed E-state index contributed by atoms with van der Waals surface area (Å²) in [5, 5.41) is 4.40. The van der Waals surface area contributed by atoms with Crippen LogP contribution < -0.4 is 14.8 Å². The van der Waals surface area contributed by atoms with Gasteiger partial charge in [0.15, 0.2) is 9.84 Å². The molecule has 12 nitrogen and oxygen atoms in total. The molecule has 0 unspecified atom stereocenters. The zero-order valence-electron chi connectivity index (χ0n) is 32.3. The van der Waals surface area contributed by atoms with E-state index in [4.69, 9.17) is 23.6 Å². The molecule has 292 valence electrons. The minimum absolute atomic E-state index is 0.0279. The third kappa shape index (κ3) is 8.77. The van der Waals surface area contributed by atoms with Gasteiger partial charge < -0.3 is 28.8 Å². The van der Waals surface area contributed by atoms with Crippen LogP contribution in [0.15, 0.2) is 59.9 Å². The maximum Gasteiger partial charge on any atom is 0.307 e. The monoisotopic (exact) mass is 763 g/mol. The number of hydrogen-bond acceptors (Lipinski definition) is 10. The lowest BCUT2D eigenvalue weighted by molar-refractivity contribution is -0.161. The van der Waals surface area contributed by atoms with Crippen molar-refractivity contribution in [2.24, 2.45) is 17.3 Å². The Bertz CT molecular complexity index is 2010. The molecule has 5 atom stereocenters. The number of sulfone groups is 1. The molecule has 0 radical (unpaired) electrons. The molecular formula is C41H53N3O9S. The van der Waals surface area contributed by atoms with Crippen molar-refractivity contribution in [3.05, 3.63) is 55.5 Å². The van der Waals surface area contributed by atoms with Gasteiger partial charge in [-0.1, -0.05) is 26.8 Å². The Kier molecular flexibility index (Phi) is 10.7. The van der Waals surface area contributed by atoms with Crippen molar-refractivity contribution in [2.45, 2.75) is 109 Å². The summed E-state index contributed by atoms with van der Waals surface area (Å²) in [7, 11) is -1.67. The number of hydrogen-bond donors (Lipinski definition) is 1. The number of benzene rings is 1. The number of pyridine rings is 1. The minimum atomic E-state index is -3.26. The molecule has 0 bridgehead atoms. The molecule has 3 heterocycles. The fourth-order valence-corrected chi connectivity index (χ4v) is 9.25. The Morgan fingerprint density at radius 1 is 1.13 bits per heavy atom. The van der Waals surface area contributed by atoms with Crippen molar-refractivity contribution < 1.29 is 41.4 Å². The second-order valence-corrected chi connectivity index (χ2v) is 19.5. The summed E-state index contributed by atoms with van der Waals surface area (Å²) in [6.07, 6.45) is 6.40. The number of amides is 2. The Morgan fingerprint density at radius 2 is 1.87 bits per heavy atom. The van der Waals surface area contributed by atoms with E-state index in [9.17, 15) is 22.8 Å². The molecule has 2 amide bonds. The molecule has 3 aliphatic rings. The van der Waals surface area contributed by atoms with E-state index in [2.05, 4.69) is 11.9 Å². The van der Waals surface area contributed by atoms with Crippen LogP contribution in [0.4, 0.5) is 0 Å². The lowest BCUT2D eigenvalue weighted by Gasteiger charge is -2.35. The van der Waals surface area contributed by atoms with Crippen molar-refractivity contribution >= 4 is 38.4 Å². The summed E-state index contributed by atoms with van der Waals surface area (Å²) in [4.78, 5) is 48.6. The number of nitrogens with zero attached hydrogens (tertiary/aromatic N) is 2. The number of esters is 1. The van der Waals surface area contributed by atoms with Gasteiger partial charge in [-0.25, -0.2) is 13.4 Å². The average Bonchev–Trinajstić information content (AvgIpc) is 3.96. The maximum atomic E-state index is 14.7. The second-order valence-electron chi connectivity index (χ2n) is 17.1. The minimum Gasteiger partial charge on any atom is -0.497 e. The van der Waals surface area contributed by atoms with Crippen LogP contribution in [0.3, 0.4) is 0 Å². The number of carbonyl (C=O) groups is 3. The summed E-state index contributed by atoms with van der Waals surface area (Å²) in [5.74, 6) is -1.23. The zero-order valence-corrected chi connectivity index (χ0v) is 33.2. The predicted molar refractivity (Wildman–Crippen MR) is 205 cm³/mol. The first-order valence-corrected chi connectivity index (χ1v) is 20.4. The third-order valence-electron chi connectivity index (χ3n) is 10.7. The number of rotatable bonds is 14. The smallest absolute Gasteiger partial charge is 0.307 e. The molecule has 2 saturated carbocycles.